The number of nitrogens with zero attached hydrogens (tertiary/aromatic N) is 4. The highest BCUT2D eigenvalue weighted by atomic mass is 35.5. The Kier molecular flexibility index (Phi) is 3.61. The van der Waals surface area contributed by atoms with Crippen molar-refractivity contribution in [2.45, 2.75) is 12.7 Å². The molecule has 0 bridgehead atoms. The van der Waals surface area contributed by atoms with Gasteiger partial charge in [-0.1, -0.05) is 17.7 Å². The van der Waals surface area contributed by atoms with E-state index in [1.807, 2.05) is 0 Å². The Morgan fingerprint density at radius 1 is 1.23 bits per heavy atom. The van der Waals surface area contributed by atoms with Gasteiger partial charge in [-0.3, -0.25) is 9.67 Å². The molecule has 0 radical (unpaired) electrons. The highest BCUT2D eigenvalue weighted by Crippen LogP contribution is 2.27. The average molecular weight is 328 g/mol. The smallest absolute Gasteiger partial charge is 0.323 e. The molecule has 0 aliphatic heterocycles. The first kappa shape index (κ1) is 14.6. The number of halogens is 4. The normalized spacial score (nSPS) is 11.8. The first-order valence-corrected chi connectivity index (χ1v) is 6.57. The van der Waals surface area contributed by atoms with E-state index in [2.05, 4.69) is 20.4 Å². The van der Waals surface area contributed by atoms with E-state index in [-0.39, 0.29) is 11.0 Å². The van der Waals surface area contributed by atoms with E-state index in [4.69, 9.17) is 11.6 Å². The largest absolute Gasteiger partial charge is 0.408 e. The van der Waals surface area contributed by atoms with Gasteiger partial charge in [-0.25, -0.2) is 4.98 Å². The van der Waals surface area contributed by atoms with Crippen molar-refractivity contribution in [2.24, 2.45) is 0 Å². The summed E-state index contributed by atoms with van der Waals surface area (Å²) < 4.78 is 38.8. The minimum atomic E-state index is -4.37. The first-order valence-electron chi connectivity index (χ1n) is 6.19. The molecule has 0 spiro atoms. The van der Waals surface area contributed by atoms with Gasteiger partial charge in [0.15, 0.2) is 5.82 Å². The summed E-state index contributed by atoms with van der Waals surface area (Å²) in [6.07, 6.45) is -1.51. The van der Waals surface area contributed by atoms with E-state index in [0.29, 0.717) is 16.7 Å². The third kappa shape index (κ3) is 3.11. The van der Waals surface area contributed by atoms with E-state index < -0.39 is 12.7 Å². The predicted molar refractivity (Wildman–Crippen MR) is 76.1 cm³/mol. The van der Waals surface area contributed by atoms with Crippen molar-refractivity contribution in [3.63, 3.8) is 0 Å². The van der Waals surface area contributed by atoms with Crippen molar-refractivity contribution in [3.8, 4) is 0 Å². The topological polar surface area (TPSA) is 55.6 Å². The molecule has 22 heavy (non-hydrogen) atoms. The second-order valence-corrected chi connectivity index (χ2v) is 4.87. The molecule has 0 unspecified atom stereocenters. The molecule has 1 N–H and O–H groups in total. The van der Waals surface area contributed by atoms with Gasteiger partial charge >= 0.3 is 6.18 Å². The molecule has 3 aromatic heterocycles. The van der Waals surface area contributed by atoms with Crippen LogP contribution >= 0.6 is 11.6 Å². The second kappa shape index (κ2) is 5.45. The van der Waals surface area contributed by atoms with Gasteiger partial charge in [0.1, 0.15) is 17.5 Å². The molecule has 0 aliphatic carbocycles. The number of pyridine rings is 2. The van der Waals surface area contributed by atoms with Crippen molar-refractivity contribution in [1.29, 1.82) is 0 Å². The van der Waals surface area contributed by atoms with E-state index in [0.717, 1.165) is 4.68 Å². The number of alkyl halides is 3. The van der Waals surface area contributed by atoms with Crippen LogP contribution in [0.4, 0.5) is 24.8 Å². The number of nitrogens with one attached hydrogen (secondary N) is 1. The summed E-state index contributed by atoms with van der Waals surface area (Å²) in [6.45, 7) is -1.18. The maximum absolute atomic E-state index is 12.6. The van der Waals surface area contributed by atoms with Crippen molar-refractivity contribution in [2.75, 3.05) is 5.32 Å². The number of hydrogen-bond donors (Lipinski definition) is 1. The van der Waals surface area contributed by atoms with Gasteiger partial charge in [0, 0.05) is 12.4 Å². The van der Waals surface area contributed by atoms with Gasteiger partial charge in [0.05, 0.1) is 10.9 Å². The molecule has 3 rings (SSSR count). The molecule has 0 aliphatic rings. The molecule has 114 valence electrons. The Morgan fingerprint density at radius 3 is 2.77 bits per heavy atom. The van der Waals surface area contributed by atoms with Gasteiger partial charge in [-0.2, -0.15) is 18.3 Å². The molecule has 0 saturated carbocycles. The minimum Gasteiger partial charge on any atom is -0.323 e. The van der Waals surface area contributed by atoms with E-state index in [1.54, 1.807) is 18.2 Å². The summed E-state index contributed by atoms with van der Waals surface area (Å²) in [4.78, 5) is 7.94. The van der Waals surface area contributed by atoms with Gasteiger partial charge in [-0.05, 0) is 18.2 Å². The number of fused-ring (bicyclic) bond motifs is 1. The summed E-state index contributed by atoms with van der Waals surface area (Å²) in [5, 5.41) is 7.55. The SMILES string of the molecule is FC(F)(F)Cn1nc(Nc2cccc(Cl)n2)c2cnccc21. The van der Waals surface area contributed by atoms with Gasteiger partial charge < -0.3 is 5.32 Å². The number of rotatable bonds is 3. The fourth-order valence-corrected chi connectivity index (χ4v) is 2.17. The van der Waals surface area contributed by atoms with Crippen molar-refractivity contribution >= 4 is 34.1 Å². The minimum absolute atomic E-state index is 0.238. The number of aromatic nitrogens is 4. The van der Waals surface area contributed by atoms with Crippen LogP contribution in [0.5, 0.6) is 0 Å². The van der Waals surface area contributed by atoms with E-state index >= 15 is 0 Å². The number of hydrogen-bond acceptors (Lipinski definition) is 4. The lowest BCUT2D eigenvalue weighted by atomic mass is 10.3. The first-order chi connectivity index (χ1) is 10.4. The van der Waals surface area contributed by atoms with Crippen LogP contribution in [0.3, 0.4) is 0 Å². The lowest BCUT2D eigenvalue weighted by Gasteiger charge is -2.06. The molecule has 3 heterocycles. The molecular formula is C13H9ClF3N5. The maximum Gasteiger partial charge on any atom is 0.408 e. The molecule has 0 saturated heterocycles. The van der Waals surface area contributed by atoms with Crippen molar-refractivity contribution in [3.05, 3.63) is 41.8 Å². The van der Waals surface area contributed by atoms with Crippen LogP contribution in [0.2, 0.25) is 5.15 Å². The maximum atomic E-state index is 12.6. The zero-order chi connectivity index (χ0) is 15.7. The Morgan fingerprint density at radius 2 is 2.05 bits per heavy atom. The molecule has 3 aromatic rings. The third-order valence-corrected chi connectivity index (χ3v) is 3.05. The Hall–Kier alpha value is -2.35. The van der Waals surface area contributed by atoms with Crippen LogP contribution in [0, 0.1) is 0 Å². The van der Waals surface area contributed by atoms with Crippen LogP contribution in [0.15, 0.2) is 36.7 Å². The molecule has 0 aromatic carbocycles. The highest BCUT2D eigenvalue weighted by molar-refractivity contribution is 6.29. The fraction of sp³-hybridized carbons (Fsp3) is 0.154. The van der Waals surface area contributed by atoms with Crippen LogP contribution in [0.25, 0.3) is 10.9 Å². The zero-order valence-corrected chi connectivity index (χ0v) is 11.7. The quantitative estimate of drug-likeness (QED) is 0.744. The van der Waals surface area contributed by atoms with Gasteiger partial charge in [-0.15, -0.1) is 0 Å². The lowest BCUT2D eigenvalue weighted by molar-refractivity contribution is -0.141. The molecule has 9 heteroatoms. The summed E-state index contributed by atoms with van der Waals surface area (Å²) in [5.41, 5.74) is 0.330. The fourth-order valence-electron chi connectivity index (χ4n) is 2.00. The van der Waals surface area contributed by atoms with E-state index in [1.165, 1.54) is 18.5 Å². The third-order valence-electron chi connectivity index (χ3n) is 2.84. The summed E-state index contributed by atoms with van der Waals surface area (Å²) in [7, 11) is 0. The molecule has 5 nitrogen and oxygen atoms in total. The average Bonchev–Trinajstić information content (AvgIpc) is 2.75. The van der Waals surface area contributed by atoms with Crippen LogP contribution in [-0.4, -0.2) is 25.9 Å². The monoisotopic (exact) mass is 327 g/mol. The zero-order valence-electron chi connectivity index (χ0n) is 11.0. The van der Waals surface area contributed by atoms with Crippen LogP contribution < -0.4 is 5.32 Å². The van der Waals surface area contributed by atoms with Crippen LogP contribution in [0.1, 0.15) is 0 Å². The summed E-state index contributed by atoms with van der Waals surface area (Å²) in [5.74, 6) is 0.622. The Labute approximate surface area is 127 Å². The molecule has 0 amide bonds. The van der Waals surface area contributed by atoms with Crippen molar-refractivity contribution < 1.29 is 13.2 Å². The molecular weight excluding hydrogens is 319 g/mol. The Bertz CT molecular complexity index is 815. The predicted octanol–water partition coefficient (Wildman–Crippen LogP) is 3.79. The molecule has 0 fully saturated rings. The number of anilines is 2. The summed E-state index contributed by atoms with van der Waals surface area (Å²) >= 11 is 5.78. The summed E-state index contributed by atoms with van der Waals surface area (Å²) in [6, 6.07) is 6.38. The van der Waals surface area contributed by atoms with Crippen molar-refractivity contribution in [1.82, 2.24) is 19.7 Å². The lowest BCUT2D eigenvalue weighted by Crippen LogP contribution is -2.18. The van der Waals surface area contributed by atoms with Gasteiger partial charge in [0.2, 0.25) is 0 Å². The van der Waals surface area contributed by atoms with Gasteiger partial charge in [0.25, 0.3) is 0 Å². The Balaban J connectivity index is 2.02. The molecule has 0 atom stereocenters. The standard InChI is InChI=1S/C13H9ClF3N5/c14-10-2-1-3-11(19-10)20-12-8-6-18-5-4-9(8)22(21-12)7-13(15,16)17/h1-6H,7H2,(H,19,20,21). The van der Waals surface area contributed by atoms with Crippen LogP contribution in [-0.2, 0) is 6.54 Å². The highest BCUT2D eigenvalue weighted by Gasteiger charge is 2.30. The van der Waals surface area contributed by atoms with E-state index in [9.17, 15) is 13.2 Å². The second-order valence-electron chi connectivity index (χ2n) is 4.48.